The van der Waals surface area contributed by atoms with E-state index < -0.39 is 17.8 Å². The molecule has 138 valence electrons. The van der Waals surface area contributed by atoms with Gasteiger partial charge in [0, 0.05) is 25.3 Å². The van der Waals surface area contributed by atoms with Gasteiger partial charge < -0.3 is 20.1 Å². The van der Waals surface area contributed by atoms with Crippen LogP contribution in [0, 0.1) is 6.92 Å². The lowest BCUT2D eigenvalue weighted by atomic mass is 9.99. The van der Waals surface area contributed by atoms with Gasteiger partial charge in [0.05, 0.1) is 23.9 Å². The molecule has 5 nitrogen and oxygen atoms in total. The molecule has 8 heteroatoms. The van der Waals surface area contributed by atoms with Crippen molar-refractivity contribution in [2.24, 2.45) is 0 Å². The summed E-state index contributed by atoms with van der Waals surface area (Å²) in [4.78, 5) is 12.0. The molecule has 2 aliphatic rings. The third-order valence-electron chi connectivity index (χ3n) is 4.69. The number of rotatable bonds is 3. The molecule has 2 aliphatic heterocycles. The van der Waals surface area contributed by atoms with E-state index in [0.717, 1.165) is 25.3 Å². The van der Waals surface area contributed by atoms with E-state index in [1.807, 2.05) is 0 Å². The number of anilines is 1. The zero-order chi connectivity index (χ0) is 18.1. The van der Waals surface area contributed by atoms with E-state index in [1.165, 1.54) is 19.1 Å². The maximum absolute atomic E-state index is 12.7. The Morgan fingerprint density at radius 2 is 2.16 bits per heavy atom. The van der Waals surface area contributed by atoms with Crippen molar-refractivity contribution < 1.29 is 27.4 Å². The number of amides is 2. The highest BCUT2D eigenvalue weighted by Crippen LogP contribution is 2.36. The van der Waals surface area contributed by atoms with E-state index in [9.17, 15) is 18.0 Å². The van der Waals surface area contributed by atoms with E-state index in [2.05, 4.69) is 10.6 Å². The Morgan fingerprint density at radius 3 is 2.80 bits per heavy atom. The molecule has 2 unspecified atom stereocenters. The lowest BCUT2D eigenvalue weighted by molar-refractivity contribution is -0.138. The molecular formula is C17H21F3N2O3. The van der Waals surface area contributed by atoms with Gasteiger partial charge in [0.2, 0.25) is 0 Å². The van der Waals surface area contributed by atoms with Crippen molar-refractivity contribution in [3.63, 3.8) is 0 Å². The first-order chi connectivity index (χ1) is 11.8. The number of carbonyl (C=O) groups excluding carboxylic acids is 1. The molecule has 0 radical (unpaired) electrons. The number of aryl methyl sites for hydroxylation is 1. The average Bonchev–Trinajstić information content (AvgIpc) is 3.14. The number of hydrogen-bond donors (Lipinski definition) is 2. The van der Waals surface area contributed by atoms with Crippen LogP contribution in [-0.2, 0) is 15.7 Å². The minimum atomic E-state index is -4.40. The van der Waals surface area contributed by atoms with Gasteiger partial charge in [-0.25, -0.2) is 4.79 Å². The molecule has 2 atom stereocenters. The molecule has 0 saturated carbocycles. The molecule has 0 aromatic heterocycles. The molecule has 0 aliphatic carbocycles. The van der Waals surface area contributed by atoms with E-state index in [0.29, 0.717) is 25.4 Å². The van der Waals surface area contributed by atoms with Gasteiger partial charge in [-0.2, -0.15) is 13.2 Å². The molecule has 25 heavy (non-hydrogen) atoms. The summed E-state index contributed by atoms with van der Waals surface area (Å²) in [6.45, 7) is 3.02. The number of ether oxygens (including phenoxy) is 2. The molecule has 0 bridgehead atoms. The third-order valence-corrected chi connectivity index (χ3v) is 4.69. The van der Waals surface area contributed by atoms with Crippen LogP contribution in [0.15, 0.2) is 18.2 Å². The largest absolute Gasteiger partial charge is 0.416 e. The summed E-state index contributed by atoms with van der Waals surface area (Å²) in [5.41, 5.74) is -0.529. The Labute approximate surface area is 143 Å². The minimum absolute atomic E-state index is 0.0626. The van der Waals surface area contributed by atoms with Crippen LogP contribution >= 0.6 is 0 Å². The third kappa shape index (κ3) is 4.24. The SMILES string of the molecule is Cc1cc(NC(=O)NCC2CCC3(CCOC3)O2)ccc1C(F)(F)F. The first kappa shape index (κ1) is 18.0. The van der Waals surface area contributed by atoms with Crippen LogP contribution in [0.5, 0.6) is 0 Å². The van der Waals surface area contributed by atoms with Gasteiger partial charge in [-0.05, 0) is 43.5 Å². The van der Waals surface area contributed by atoms with Gasteiger partial charge in [-0.1, -0.05) is 0 Å². The monoisotopic (exact) mass is 358 g/mol. The topological polar surface area (TPSA) is 59.6 Å². The van der Waals surface area contributed by atoms with Crippen LogP contribution in [0.1, 0.15) is 30.4 Å². The van der Waals surface area contributed by atoms with E-state index in [1.54, 1.807) is 0 Å². The fourth-order valence-electron chi connectivity index (χ4n) is 3.36. The number of alkyl halides is 3. The smallest absolute Gasteiger partial charge is 0.378 e. The first-order valence-corrected chi connectivity index (χ1v) is 8.26. The average molecular weight is 358 g/mol. The number of hydrogen-bond acceptors (Lipinski definition) is 3. The predicted molar refractivity (Wildman–Crippen MR) is 85.5 cm³/mol. The maximum Gasteiger partial charge on any atom is 0.416 e. The fraction of sp³-hybridized carbons (Fsp3) is 0.588. The molecule has 1 aromatic rings. The van der Waals surface area contributed by atoms with E-state index in [-0.39, 0.29) is 17.3 Å². The van der Waals surface area contributed by atoms with Crippen molar-refractivity contribution in [2.45, 2.75) is 44.1 Å². The van der Waals surface area contributed by atoms with Crippen LogP contribution in [0.2, 0.25) is 0 Å². The normalized spacial score (nSPS) is 26.2. The molecule has 2 fully saturated rings. The van der Waals surface area contributed by atoms with Crippen LogP contribution in [-0.4, -0.2) is 37.5 Å². The second-order valence-corrected chi connectivity index (χ2v) is 6.63. The van der Waals surface area contributed by atoms with Crippen molar-refractivity contribution >= 4 is 11.7 Å². The van der Waals surface area contributed by atoms with Gasteiger partial charge >= 0.3 is 12.2 Å². The summed E-state index contributed by atoms with van der Waals surface area (Å²) in [6.07, 6.45) is -1.82. The van der Waals surface area contributed by atoms with Gasteiger partial charge in [-0.3, -0.25) is 0 Å². The summed E-state index contributed by atoms with van der Waals surface area (Å²) in [5, 5.41) is 5.25. The van der Waals surface area contributed by atoms with Crippen LogP contribution in [0.25, 0.3) is 0 Å². The van der Waals surface area contributed by atoms with Crippen molar-refractivity contribution in [3.05, 3.63) is 29.3 Å². The van der Waals surface area contributed by atoms with Gasteiger partial charge in [0.25, 0.3) is 0 Å². The standard InChI is InChI=1S/C17H21F3N2O3/c1-11-8-12(2-3-14(11)17(18,19)20)22-15(23)21-9-13-4-5-16(25-13)6-7-24-10-16/h2-3,8,13H,4-7,9-10H2,1H3,(H2,21,22,23). The number of benzene rings is 1. The quantitative estimate of drug-likeness (QED) is 0.870. The Hall–Kier alpha value is -1.80. The zero-order valence-corrected chi connectivity index (χ0v) is 13.9. The second-order valence-electron chi connectivity index (χ2n) is 6.63. The summed E-state index contributed by atoms with van der Waals surface area (Å²) >= 11 is 0. The van der Waals surface area contributed by atoms with E-state index >= 15 is 0 Å². The Bertz CT molecular complexity index is 643. The predicted octanol–water partition coefficient (Wildman–Crippen LogP) is 3.47. The maximum atomic E-state index is 12.7. The summed E-state index contributed by atoms with van der Waals surface area (Å²) in [6, 6.07) is 3.05. The fourth-order valence-corrected chi connectivity index (χ4v) is 3.36. The summed E-state index contributed by atoms with van der Waals surface area (Å²) in [7, 11) is 0. The van der Waals surface area contributed by atoms with Crippen molar-refractivity contribution in [1.29, 1.82) is 0 Å². The first-order valence-electron chi connectivity index (χ1n) is 8.26. The summed E-state index contributed by atoms with van der Waals surface area (Å²) < 4.78 is 49.6. The number of halogens is 3. The van der Waals surface area contributed by atoms with Crippen LogP contribution < -0.4 is 10.6 Å². The Balaban J connectivity index is 1.49. The Morgan fingerprint density at radius 1 is 1.36 bits per heavy atom. The molecule has 2 saturated heterocycles. The highest BCUT2D eigenvalue weighted by atomic mass is 19.4. The van der Waals surface area contributed by atoms with Crippen LogP contribution in [0.3, 0.4) is 0 Å². The second kappa shape index (κ2) is 6.84. The highest BCUT2D eigenvalue weighted by Gasteiger charge is 2.43. The molecule has 2 N–H and O–H groups in total. The molecule has 1 aromatic carbocycles. The highest BCUT2D eigenvalue weighted by molar-refractivity contribution is 5.89. The molecule has 1 spiro atoms. The number of carbonyl (C=O) groups is 1. The summed E-state index contributed by atoms with van der Waals surface area (Å²) in [5.74, 6) is 0. The minimum Gasteiger partial charge on any atom is -0.378 e. The molecule has 2 amide bonds. The van der Waals surface area contributed by atoms with Crippen molar-refractivity contribution in [2.75, 3.05) is 25.1 Å². The van der Waals surface area contributed by atoms with Crippen molar-refractivity contribution in [3.8, 4) is 0 Å². The van der Waals surface area contributed by atoms with E-state index in [4.69, 9.17) is 9.47 Å². The molecule has 3 rings (SSSR count). The number of urea groups is 1. The molecule has 2 heterocycles. The van der Waals surface area contributed by atoms with Gasteiger partial charge in [-0.15, -0.1) is 0 Å². The van der Waals surface area contributed by atoms with Crippen LogP contribution in [0.4, 0.5) is 23.7 Å². The zero-order valence-electron chi connectivity index (χ0n) is 13.9. The number of nitrogens with one attached hydrogen (secondary N) is 2. The van der Waals surface area contributed by atoms with Crippen molar-refractivity contribution in [1.82, 2.24) is 5.32 Å². The Kier molecular flexibility index (Phi) is 4.92. The van der Waals surface area contributed by atoms with Gasteiger partial charge in [0.1, 0.15) is 0 Å². The molecular weight excluding hydrogens is 337 g/mol. The van der Waals surface area contributed by atoms with Gasteiger partial charge in [0.15, 0.2) is 0 Å². The lowest BCUT2D eigenvalue weighted by Crippen LogP contribution is -2.37. The lowest BCUT2D eigenvalue weighted by Gasteiger charge is -2.22.